The molecule has 25 heavy (non-hydrogen) atoms. The Bertz CT molecular complexity index is 878. The van der Waals surface area contributed by atoms with Gasteiger partial charge in [0.2, 0.25) is 0 Å². The molecule has 4 nitrogen and oxygen atoms in total. The molecule has 0 N–H and O–H groups in total. The average molecular weight is 415 g/mol. The summed E-state index contributed by atoms with van der Waals surface area (Å²) in [6, 6.07) is 17.6. The van der Waals surface area contributed by atoms with E-state index in [1.165, 1.54) is 17.6 Å². The lowest BCUT2D eigenvalue weighted by atomic mass is 10.2. The van der Waals surface area contributed by atoms with Crippen molar-refractivity contribution in [3.05, 3.63) is 75.7 Å². The maximum absolute atomic E-state index is 12.2. The lowest BCUT2D eigenvalue weighted by molar-refractivity contribution is 0.0999. The lowest BCUT2D eigenvalue weighted by Gasteiger charge is -2.01. The summed E-state index contributed by atoms with van der Waals surface area (Å²) in [7, 11) is 0. The van der Waals surface area contributed by atoms with Crippen LogP contribution in [0.4, 0.5) is 0 Å². The van der Waals surface area contributed by atoms with Crippen molar-refractivity contribution in [1.29, 1.82) is 0 Å². The number of Topliss-reactive ketones (excluding diaryl/α,β-unsaturated/α-hetero) is 1. The van der Waals surface area contributed by atoms with Gasteiger partial charge in [0.15, 0.2) is 5.78 Å². The van der Waals surface area contributed by atoms with Crippen LogP contribution in [0.1, 0.15) is 21.7 Å². The molecule has 0 radical (unpaired) electrons. The van der Waals surface area contributed by atoms with Gasteiger partial charge in [0.05, 0.1) is 17.5 Å². The molecule has 0 saturated carbocycles. The van der Waals surface area contributed by atoms with Crippen LogP contribution in [-0.2, 0) is 11.4 Å². The summed E-state index contributed by atoms with van der Waals surface area (Å²) in [5.74, 6) is -0.0204. The Balaban J connectivity index is 1.51. The molecule has 1 heterocycles. The van der Waals surface area contributed by atoms with Crippen molar-refractivity contribution in [2.45, 2.75) is 13.0 Å². The van der Waals surface area contributed by atoms with E-state index in [-0.39, 0.29) is 12.2 Å². The molecule has 0 amide bonds. The molecule has 2 aromatic carbocycles. The fourth-order valence-electron chi connectivity index (χ4n) is 2.11. The number of nitrogens with zero attached hydrogens (tertiary/aromatic N) is 2. The van der Waals surface area contributed by atoms with Crippen molar-refractivity contribution in [3.8, 4) is 10.6 Å². The maximum Gasteiger partial charge on any atom is 0.179 e. The van der Waals surface area contributed by atoms with Gasteiger partial charge in [-0.2, -0.15) is 0 Å². The fourth-order valence-corrected chi connectivity index (χ4v) is 3.38. The van der Waals surface area contributed by atoms with Gasteiger partial charge >= 0.3 is 0 Å². The summed E-state index contributed by atoms with van der Waals surface area (Å²) < 4.78 is 0.972. The minimum Gasteiger partial charge on any atom is -0.391 e. The highest BCUT2D eigenvalue weighted by Crippen LogP contribution is 2.25. The number of rotatable bonds is 7. The van der Waals surface area contributed by atoms with E-state index >= 15 is 0 Å². The number of carbonyl (C=O) groups excluding carboxylic acids is 1. The van der Waals surface area contributed by atoms with E-state index in [0.717, 1.165) is 20.6 Å². The molecule has 6 heteroatoms. The van der Waals surface area contributed by atoms with Crippen LogP contribution in [0, 0.1) is 0 Å². The predicted molar refractivity (Wildman–Crippen MR) is 104 cm³/mol. The summed E-state index contributed by atoms with van der Waals surface area (Å²) in [4.78, 5) is 22.4. The molecular weight excluding hydrogens is 400 g/mol. The second kappa shape index (κ2) is 8.69. The van der Waals surface area contributed by atoms with Crippen LogP contribution in [0.3, 0.4) is 0 Å². The van der Waals surface area contributed by atoms with Gasteiger partial charge in [-0.05, 0) is 6.07 Å². The molecule has 0 unspecified atom stereocenters. The topological polar surface area (TPSA) is 51.5 Å². The first kappa shape index (κ1) is 17.5. The zero-order valence-corrected chi connectivity index (χ0v) is 15.7. The van der Waals surface area contributed by atoms with Crippen LogP contribution in [0.2, 0.25) is 0 Å². The van der Waals surface area contributed by atoms with Crippen LogP contribution in [0.5, 0.6) is 0 Å². The molecule has 0 bridgehead atoms. The van der Waals surface area contributed by atoms with Crippen molar-refractivity contribution in [2.75, 3.05) is 0 Å². The predicted octanol–water partition coefficient (Wildman–Crippen LogP) is 5.35. The Morgan fingerprint density at radius 3 is 2.72 bits per heavy atom. The van der Waals surface area contributed by atoms with Crippen molar-refractivity contribution in [2.24, 2.45) is 5.16 Å². The monoisotopic (exact) mass is 414 g/mol. The third-order valence-corrected chi connectivity index (χ3v) is 5.27. The second-order valence-electron chi connectivity index (χ2n) is 5.18. The van der Waals surface area contributed by atoms with E-state index in [2.05, 4.69) is 26.1 Å². The zero-order valence-electron chi connectivity index (χ0n) is 13.3. The van der Waals surface area contributed by atoms with E-state index in [0.29, 0.717) is 11.5 Å². The number of thiazole rings is 1. The van der Waals surface area contributed by atoms with Gasteiger partial charge in [0, 0.05) is 21.8 Å². The van der Waals surface area contributed by atoms with Crippen LogP contribution >= 0.6 is 27.3 Å². The first-order chi connectivity index (χ1) is 12.2. The molecule has 0 spiro atoms. The van der Waals surface area contributed by atoms with Gasteiger partial charge in [-0.15, -0.1) is 11.3 Å². The van der Waals surface area contributed by atoms with E-state index < -0.39 is 0 Å². The van der Waals surface area contributed by atoms with Gasteiger partial charge in [0.25, 0.3) is 0 Å². The third-order valence-electron chi connectivity index (χ3n) is 3.40. The van der Waals surface area contributed by atoms with Gasteiger partial charge in [-0.1, -0.05) is 69.6 Å². The summed E-state index contributed by atoms with van der Waals surface area (Å²) >= 11 is 4.84. The van der Waals surface area contributed by atoms with Gasteiger partial charge in [0.1, 0.15) is 11.6 Å². The number of hydrogen-bond acceptors (Lipinski definition) is 5. The number of ketones is 1. The maximum atomic E-state index is 12.2. The Morgan fingerprint density at radius 2 is 1.92 bits per heavy atom. The fraction of sp³-hybridized carbons (Fsp3) is 0.105. The van der Waals surface area contributed by atoms with Crippen LogP contribution < -0.4 is 0 Å². The molecule has 3 rings (SSSR count). The molecule has 0 aliphatic heterocycles. The molecule has 0 fully saturated rings. The van der Waals surface area contributed by atoms with Crippen molar-refractivity contribution in [1.82, 2.24) is 4.98 Å². The van der Waals surface area contributed by atoms with Crippen molar-refractivity contribution < 1.29 is 9.63 Å². The molecule has 126 valence electrons. The molecule has 1 aromatic heterocycles. The van der Waals surface area contributed by atoms with Crippen molar-refractivity contribution >= 4 is 39.3 Å². The van der Waals surface area contributed by atoms with E-state index in [1.54, 1.807) is 6.20 Å². The second-order valence-corrected chi connectivity index (χ2v) is 7.06. The Kier molecular flexibility index (Phi) is 6.09. The van der Waals surface area contributed by atoms with E-state index in [4.69, 9.17) is 4.84 Å². The summed E-state index contributed by atoms with van der Waals surface area (Å²) in [5.41, 5.74) is 2.01. The van der Waals surface area contributed by atoms with Crippen molar-refractivity contribution in [3.63, 3.8) is 0 Å². The number of benzene rings is 2. The van der Waals surface area contributed by atoms with Crippen LogP contribution in [0.25, 0.3) is 10.6 Å². The Labute approximate surface area is 158 Å². The summed E-state index contributed by atoms with van der Waals surface area (Å²) in [6.45, 7) is 0.352. The van der Waals surface area contributed by atoms with Gasteiger partial charge in [-0.3, -0.25) is 4.79 Å². The number of hydrogen-bond donors (Lipinski definition) is 0. The molecule has 0 atom stereocenters. The highest BCUT2D eigenvalue weighted by Gasteiger charge is 2.10. The molecular formula is C19H15BrN2O2S. The SMILES string of the molecule is O=C(C/C=N\OCc1ccccc1Br)c1cnc(-c2ccccc2)s1. The zero-order chi connectivity index (χ0) is 17.5. The number of oxime groups is 1. The summed E-state index contributed by atoms with van der Waals surface area (Å²) in [6.07, 6.45) is 3.29. The minimum atomic E-state index is -0.0204. The number of carbonyl (C=O) groups is 1. The number of halogens is 1. The van der Waals surface area contributed by atoms with E-state index in [9.17, 15) is 4.79 Å². The largest absolute Gasteiger partial charge is 0.391 e. The molecule has 0 aliphatic carbocycles. The molecule has 3 aromatic rings. The highest BCUT2D eigenvalue weighted by molar-refractivity contribution is 9.10. The first-order valence-corrected chi connectivity index (χ1v) is 9.26. The third kappa shape index (κ3) is 4.84. The highest BCUT2D eigenvalue weighted by atomic mass is 79.9. The molecule has 0 saturated heterocycles. The Morgan fingerprint density at radius 1 is 1.16 bits per heavy atom. The smallest absolute Gasteiger partial charge is 0.179 e. The average Bonchev–Trinajstić information content (AvgIpc) is 3.14. The minimum absolute atomic E-state index is 0.0204. The van der Waals surface area contributed by atoms with Gasteiger partial charge in [-0.25, -0.2) is 4.98 Å². The summed E-state index contributed by atoms with van der Waals surface area (Å²) in [5, 5.41) is 4.69. The quantitative estimate of drug-likeness (QED) is 0.297. The Hall–Kier alpha value is -2.31. The number of aromatic nitrogens is 1. The van der Waals surface area contributed by atoms with Crippen LogP contribution in [0.15, 0.2) is 70.4 Å². The van der Waals surface area contributed by atoms with E-state index in [1.807, 2.05) is 54.6 Å². The van der Waals surface area contributed by atoms with Crippen LogP contribution in [-0.4, -0.2) is 17.0 Å². The molecule has 0 aliphatic rings. The standard InChI is InChI=1S/C19H15BrN2O2S/c20-16-9-5-4-8-15(16)13-24-22-11-10-17(23)18-12-21-19(25-18)14-6-2-1-3-7-14/h1-9,11-12H,10,13H2/b22-11-. The van der Waals surface area contributed by atoms with Gasteiger partial charge < -0.3 is 4.84 Å². The first-order valence-electron chi connectivity index (χ1n) is 7.65. The normalized spacial score (nSPS) is 10.9. The lowest BCUT2D eigenvalue weighted by Crippen LogP contribution is -1.97.